The molecule has 0 unspecified atom stereocenters. The standard InChI is InChI=1S/C12H12O/c1-10-6-5-9-12(13-10)11-7-3-2-4-8-11/h2-4,6-9H,5H2,1H3. The number of benzene rings is 1. The Kier molecular flexibility index (Phi) is 2.17. The van der Waals surface area contributed by atoms with E-state index in [1.54, 1.807) is 0 Å². The van der Waals surface area contributed by atoms with Crippen molar-refractivity contribution in [2.45, 2.75) is 13.3 Å². The van der Waals surface area contributed by atoms with E-state index in [0.29, 0.717) is 0 Å². The highest BCUT2D eigenvalue weighted by Gasteiger charge is 2.05. The molecular weight excluding hydrogens is 160 g/mol. The van der Waals surface area contributed by atoms with Crippen molar-refractivity contribution in [1.29, 1.82) is 0 Å². The van der Waals surface area contributed by atoms with Crippen LogP contribution in [0.3, 0.4) is 0 Å². The zero-order valence-corrected chi connectivity index (χ0v) is 7.66. The Morgan fingerprint density at radius 2 is 1.85 bits per heavy atom. The van der Waals surface area contributed by atoms with Gasteiger partial charge in [-0.2, -0.15) is 0 Å². The summed E-state index contributed by atoms with van der Waals surface area (Å²) in [5.41, 5.74) is 1.15. The zero-order valence-electron chi connectivity index (χ0n) is 7.66. The second-order valence-electron chi connectivity index (χ2n) is 3.09. The van der Waals surface area contributed by atoms with E-state index in [2.05, 4.69) is 24.3 Å². The smallest absolute Gasteiger partial charge is 0.130 e. The van der Waals surface area contributed by atoms with Crippen molar-refractivity contribution < 1.29 is 4.74 Å². The van der Waals surface area contributed by atoms with Gasteiger partial charge in [-0.25, -0.2) is 0 Å². The van der Waals surface area contributed by atoms with E-state index >= 15 is 0 Å². The summed E-state index contributed by atoms with van der Waals surface area (Å²) in [6, 6.07) is 10.2. The molecule has 1 aromatic carbocycles. The van der Waals surface area contributed by atoms with Gasteiger partial charge in [0.2, 0.25) is 0 Å². The molecule has 66 valence electrons. The summed E-state index contributed by atoms with van der Waals surface area (Å²) in [5.74, 6) is 1.96. The van der Waals surface area contributed by atoms with E-state index < -0.39 is 0 Å². The van der Waals surface area contributed by atoms with Gasteiger partial charge in [-0.05, 0) is 25.5 Å². The molecule has 0 saturated heterocycles. The van der Waals surface area contributed by atoms with Crippen LogP contribution in [-0.2, 0) is 4.74 Å². The van der Waals surface area contributed by atoms with Gasteiger partial charge in [0.1, 0.15) is 5.76 Å². The van der Waals surface area contributed by atoms with Gasteiger partial charge in [-0.1, -0.05) is 30.3 Å². The molecule has 0 spiro atoms. The minimum Gasteiger partial charge on any atom is -0.462 e. The molecule has 0 aliphatic carbocycles. The molecule has 1 aromatic rings. The molecule has 0 bridgehead atoms. The Balaban J connectivity index is 2.24. The summed E-state index contributed by atoms with van der Waals surface area (Å²) in [6.45, 7) is 1.98. The van der Waals surface area contributed by atoms with Crippen LogP contribution in [0.15, 0.2) is 48.2 Å². The summed E-state index contributed by atoms with van der Waals surface area (Å²) in [7, 11) is 0. The van der Waals surface area contributed by atoms with Crippen LogP contribution in [0.5, 0.6) is 0 Å². The van der Waals surface area contributed by atoms with Crippen LogP contribution in [0.2, 0.25) is 0 Å². The van der Waals surface area contributed by atoms with E-state index in [1.807, 2.05) is 25.1 Å². The third-order valence-electron chi connectivity index (χ3n) is 2.04. The predicted molar refractivity (Wildman–Crippen MR) is 53.9 cm³/mol. The zero-order chi connectivity index (χ0) is 9.10. The maximum atomic E-state index is 5.59. The monoisotopic (exact) mass is 172 g/mol. The lowest BCUT2D eigenvalue weighted by atomic mass is 10.1. The van der Waals surface area contributed by atoms with E-state index in [0.717, 1.165) is 23.5 Å². The molecule has 0 atom stereocenters. The van der Waals surface area contributed by atoms with Crippen molar-refractivity contribution in [2.24, 2.45) is 0 Å². The topological polar surface area (TPSA) is 9.23 Å². The third kappa shape index (κ3) is 1.81. The van der Waals surface area contributed by atoms with Gasteiger partial charge < -0.3 is 4.74 Å². The second kappa shape index (κ2) is 3.48. The molecule has 1 nitrogen and oxygen atoms in total. The molecule has 0 fully saturated rings. The van der Waals surface area contributed by atoms with Crippen molar-refractivity contribution in [3.8, 4) is 0 Å². The minimum atomic E-state index is 0.968. The molecule has 1 heterocycles. The molecule has 2 rings (SSSR count). The van der Waals surface area contributed by atoms with Gasteiger partial charge in [0, 0.05) is 5.56 Å². The van der Waals surface area contributed by atoms with Crippen LogP contribution in [0.4, 0.5) is 0 Å². The molecular formula is C12H12O. The maximum Gasteiger partial charge on any atom is 0.130 e. The first-order chi connectivity index (χ1) is 6.36. The number of hydrogen-bond acceptors (Lipinski definition) is 1. The van der Waals surface area contributed by atoms with E-state index in [9.17, 15) is 0 Å². The number of ether oxygens (including phenoxy) is 1. The van der Waals surface area contributed by atoms with E-state index in [1.165, 1.54) is 0 Å². The first-order valence-electron chi connectivity index (χ1n) is 4.46. The van der Waals surface area contributed by atoms with Crippen molar-refractivity contribution in [1.82, 2.24) is 0 Å². The Morgan fingerprint density at radius 1 is 1.08 bits per heavy atom. The van der Waals surface area contributed by atoms with Gasteiger partial charge in [0.15, 0.2) is 0 Å². The first kappa shape index (κ1) is 8.11. The summed E-state index contributed by atoms with van der Waals surface area (Å²) in [5, 5.41) is 0. The highest BCUT2D eigenvalue weighted by molar-refractivity contribution is 5.61. The third-order valence-corrected chi connectivity index (χ3v) is 2.04. The van der Waals surface area contributed by atoms with Crippen LogP contribution >= 0.6 is 0 Å². The summed E-state index contributed by atoms with van der Waals surface area (Å²) in [6.07, 6.45) is 5.14. The maximum absolute atomic E-state index is 5.59. The lowest BCUT2D eigenvalue weighted by Crippen LogP contribution is -1.94. The van der Waals surface area contributed by atoms with Crippen LogP contribution < -0.4 is 0 Å². The number of allylic oxidation sites excluding steroid dienone is 3. The molecule has 1 aliphatic rings. The van der Waals surface area contributed by atoms with Gasteiger partial charge in [0.25, 0.3) is 0 Å². The molecule has 0 amide bonds. The lowest BCUT2D eigenvalue weighted by Gasteiger charge is -2.13. The molecule has 0 saturated carbocycles. The fourth-order valence-corrected chi connectivity index (χ4v) is 1.37. The number of rotatable bonds is 1. The minimum absolute atomic E-state index is 0.968. The van der Waals surface area contributed by atoms with Crippen molar-refractivity contribution >= 4 is 5.76 Å². The number of hydrogen-bond donors (Lipinski definition) is 0. The Hall–Kier alpha value is -1.50. The summed E-state index contributed by atoms with van der Waals surface area (Å²) < 4.78 is 5.59. The second-order valence-corrected chi connectivity index (χ2v) is 3.09. The molecule has 1 heteroatoms. The summed E-state index contributed by atoms with van der Waals surface area (Å²) in [4.78, 5) is 0. The van der Waals surface area contributed by atoms with Gasteiger partial charge in [-0.15, -0.1) is 0 Å². The average Bonchev–Trinajstić information content (AvgIpc) is 2.19. The van der Waals surface area contributed by atoms with Crippen molar-refractivity contribution in [3.05, 3.63) is 53.8 Å². The highest BCUT2D eigenvalue weighted by Crippen LogP contribution is 2.23. The van der Waals surface area contributed by atoms with Crippen molar-refractivity contribution in [3.63, 3.8) is 0 Å². The van der Waals surface area contributed by atoms with Gasteiger partial charge in [0.05, 0.1) is 5.76 Å². The molecule has 1 aliphatic heterocycles. The fraction of sp³-hybridized carbons (Fsp3) is 0.167. The van der Waals surface area contributed by atoms with Crippen LogP contribution in [0, 0.1) is 0 Å². The Labute approximate surface area is 78.3 Å². The van der Waals surface area contributed by atoms with Crippen LogP contribution in [0.1, 0.15) is 18.9 Å². The average molecular weight is 172 g/mol. The first-order valence-corrected chi connectivity index (χ1v) is 4.46. The van der Waals surface area contributed by atoms with E-state index in [-0.39, 0.29) is 0 Å². The predicted octanol–water partition coefficient (Wildman–Crippen LogP) is 3.35. The fourth-order valence-electron chi connectivity index (χ4n) is 1.37. The quantitative estimate of drug-likeness (QED) is 0.631. The van der Waals surface area contributed by atoms with Crippen LogP contribution in [-0.4, -0.2) is 0 Å². The highest BCUT2D eigenvalue weighted by atomic mass is 16.5. The Morgan fingerprint density at radius 3 is 2.54 bits per heavy atom. The van der Waals surface area contributed by atoms with E-state index in [4.69, 9.17) is 4.74 Å². The molecule has 0 aromatic heterocycles. The normalized spacial score (nSPS) is 15.8. The SMILES string of the molecule is CC1=CCC=C(c2ccccc2)O1. The Bertz CT molecular complexity index is 347. The van der Waals surface area contributed by atoms with Gasteiger partial charge >= 0.3 is 0 Å². The van der Waals surface area contributed by atoms with Crippen LogP contribution in [0.25, 0.3) is 5.76 Å². The van der Waals surface area contributed by atoms with Gasteiger partial charge in [-0.3, -0.25) is 0 Å². The molecule has 0 N–H and O–H groups in total. The lowest BCUT2D eigenvalue weighted by molar-refractivity contribution is 0.376. The largest absolute Gasteiger partial charge is 0.462 e. The molecule has 0 radical (unpaired) electrons. The molecule has 13 heavy (non-hydrogen) atoms. The summed E-state index contributed by atoms with van der Waals surface area (Å²) >= 11 is 0. The van der Waals surface area contributed by atoms with Crippen molar-refractivity contribution in [2.75, 3.05) is 0 Å².